The molecule has 0 unspecified atom stereocenters. The SMILES string of the molecule is C.C.C=C(F)F.C=COCCCCCCCCCCCC.CC(C)(C)c1c(Br)cc2ccccc2c1-c1c(O)c(Br)cc2ccccc12.CC(C)c1cccc(C(C)C)c1[N]=[Mo]=[CH]C(C)(C)c1ccccc1.CCCCCCCCCCCCOC=C(F)F.C[Si](C)=O.Cc1ccc(C)[n-]1.FC(F)=C(F)F. The molecule has 0 radical (unpaired) electrons. The summed E-state index contributed by atoms with van der Waals surface area (Å²) in [6.07, 6.45) is 18.9. The molecule has 0 bridgehead atoms. The average Bonchev–Trinajstić information content (AvgIpc) is 0.779. The molecule has 1 aromatic heterocycles. The van der Waals surface area contributed by atoms with E-state index >= 15 is 0 Å². The normalized spacial score (nSPS) is 10.4. The molecule has 594 valence electrons. The van der Waals surface area contributed by atoms with Crippen molar-refractivity contribution >= 4 is 72.2 Å². The number of hydrogen-bond donors (Lipinski definition) is 1. The third kappa shape index (κ3) is 47.2. The molecule has 1 heterocycles. The molecule has 18 heteroatoms. The van der Waals surface area contributed by atoms with E-state index in [0.717, 1.165) is 68.0 Å². The molecule has 0 aliphatic heterocycles. The van der Waals surface area contributed by atoms with Crippen molar-refractivity contribution in [3.05, 3.63) is 214 Å². The topological polar surface area (TPSA) is 82.2 Å². The van der Waals surface area contributed by atoms with E-state index in [1.165, 1.54) is 150 Å². The van der Waals surface area contributed by atoms with Crippen molar-refractivity contribution in [1.29, 1.82) is 0 Å². The van der Waals surface area contributed by atoms with Crippen LogP contribution in [0.4, 0.5) is 40.8 Å². The number of nitrogens with zero attached hydrogens (tertiary/aromatic N) is 2. The first-order chi connectivity index (χ1) is 49.2. The van der Waals surface area contributed by atoms with Crippen LogP contribution in [0.1, 0.15) is 265 Å². The van der Waals surface area contributed by atoms with E-state index in [1.54, 1.807) is 13.1 Å². The Labute approximate surface area is 661 Å². The predicted molar refractivity (Wildman–Crippen MR) is 445 cm³/mol. The van der Waals surface area contributed by atoms with Crippen LogP contribution in [0.25, 0.3) is 32.7 Å². The fourth-order valence-corrected chi connectivity index (χ4v) is 14.1. The largest absolute Gasteiger partial charge is 0.665 e. The van der Waals surface area contributed by atoms with Gasteiger partial charge in [0.05, 0.1) is 23.9 Å². The Balaban J connectivity index is -0.00000123. The summed E-state index contributed by atoms with van der Waals surface area (Å²) >= 11 is 6.82. The Morgan fingerprint density at radius 1 is 0.566 bits per heavy atom. The summed E-state index contributed by atoms with van der Waals surface area (Å²) in [4.78, 5) is 4.11. The van der Waals surface area contributed by atoms with Gasteiger partial charge in [0.1, 0.15) is 12.0 Å². The van der Waals surface area contributed by atoms with E-state index in [1.807, 2.05) is 50.2 Å². The van der Waals surface area contributed by atoms with Crippen LogP contribution in [0.3, 0.4) is 0 Å². The zero-order valence-electron chi connectivity index (χ0n) is 64.7. The van der Waals surface area contributed by atoms with Crippen molar-refractivity contribution in [2.75, 3.05) is 13.2 Å². The first-order valence-corrected chi connectivity index (χ1v) is 42.5. The standard InChI is InChI=1S/C24H20Br2O.C14H26F2O.C14H28O.C12H17N.C10H12.C6H8N.C2F4.C2H2F2.C2H6OSi.2CH4.Mo/c1-24(2,3)22-18(25)12-14-8-4-6-10-16(14)20(22)21-17-11-7-5-9-15(17)13-19(26)23(21)27;1-2-3-4-5-6-7-8-9-10-11-12-17-13-14(15)16;1-3-5-6-7-8-9-10-11-12-13-14-15-4-2;1-8(2)10-6-5-7-11(9(3)4)12(10)13;1-10(2,3)9-7-5-4-6-8-9;1-5-3-4-6(2)7-5;3-1(4)2(5)6;1-2(3)4;1-4(2)3;;;/h4-13,27H,1-3H3;13H,2-12H2,1H3;4H,2-3,5-14H2,1H3;5-9H,1-4H3;1,4-8H,2-3H3;3-4H,1-2H3;;1H2;1-2H3;2*1H4;/q;;;;;-1;;;;;;. The van der Waals surface area contributed by atoms with Gasteiger partial charge >= 0.3 is 174 Å². The zero-order chi connectivity index (χ0) is 78.6. The number of phenols is 1. The molecule has 0 saturated carbocycles. The van der Waals surface area contributed by atoms with Crippen molar-refractivity contribution in [2.24, 2.45) is 3.50 Å². The third-order valence-electron chi connectivity index (χ3n) is 15.9. The van der Waals surface area contributed by atoms with Crippen molar-refractivity contribution in [2.45, 2.75) is 269 Å². The smallest absolute Gasteiger partial charge is 0.334 e. The molecule has 0 aliphatic carbocycles. The quantitative estimate of drug-likeness (QED) is 0.0210. The number of aromatic hydroxyl groups is 1. The molecule has 0 amide bonds. The van der Waals surface area contributed by atoms with E-state index in [9.17, 15) is 44.7 Å². The van der Waals surface area contributed by atoms with Crippen LogP contribution in [0.2, 0.25) is 13.1 Å². The first-order valence-electron chi connectivity index (χ1n) is 36.5. The van der Waals surface area contributed by atoms with E-state index in [0.29, 0.717) is 29.2 Å². The summed E-state index contributed by atoms with van der Waals surface area (Å²) in [5.41, 5.74) is 10.7. The number of fused-ring (bicyclic) bond motifs is 2. The molecule has 0 atom stereocenters. The van der Waals surface area contributed by atoms with Crippen molar-refractivity contribution < 1.29 is 72.1 Å². The molecule has 0 saturated heterocycles. The summed E-state index contributed by atoms with van der Waals surface area (Å²) in [5, 5.41) is 15.6. The van der Waals surface area contributed by atoms with Gasteiger partial charge in [-0.05, 0) is 98.7 Å². The minimum absolute atomic E-state index is 0. The van der Waals surface area contributed by atoms with Crippen LogP contribution in [0.5, 0.6) is 5.75 Å². The second kappa shape index (κ2) is 61.1. The summed E-state index contributed by atoms with van der Waals surface area (Å²) in [7, 11) is -1.13. The van der Waals surface area contributed by atoms with Crippen LogP contribution in [-0.2, 0) is 42.7 Å². The molecule has 7 aromatic rings. The third-order valence-corrected chi connectivity index (χ3v) is 19.6. The second-order valence-electron chi connectivity index (χ2n) is 27.6. The van der Waals surface area contributed by atoms with Gasteiger partial charge in [-0.25, -0.2) is 0 Å². The maximum absolute atomic E-state index is 11.6. The Kier molecular flexibility index (Phi) is 60.2. The van der Waals surface area contributed by atoms with Gasteiger partial charge in [0.2, 0.25) is 0 Å². The Morgan fingerprint density at radius 2 is 0.934 bits per heavy atom. The number of unbranched alkanes of at least 4 members (excludes halogenated alkanes) is 18. The fraction of sp³-hybridized carbons (Fsp3) is 0.489. The summed E-state index contributed by atoms with van der Waals surface area (Å²) in [6, 6.07) is 42.2. The number of aryl methyl sites for hydroxylation is 2. The van der Waals surface area contributed by atoms with Gasteiger partial charge < -0.3 is 24.0 Å². The van der Waals surface area contributed by atoms with Gasteiger partial charge in [-0.2, -0.15) is 46.5 Å². The van der Waals surface area contributed by atoms with Gasteiger partial charge in [0.25, 0.3) is 14.8 Å². The van der Waals surface area contributed by atoms with E-state index < -0.39 is 50.9 Å². The van der Waals surface area contributed by atoms with Gasteiger partial charge in [-0.3, -0.25) is 0 Å². The maximum atomic E-state index is 11.6. The molecule has 6 aromatic carbocycles. The number of hydrogen-bond acceptors (Lipinski definition) is 5. The monoisotopic (exact) mass is 1710 g/mol. The van der Waals surface area contributed by atoms with E-state index in [2.05, 4.69) is 220 Å². The first kappa shape index (κ1) is 104. The number of rotatable bonds is 30. The van der Waals surface area contributed by atoms with Crippen LogP contribution in [0.15, 0.2) is 184 Å². The number of halogens is 10. The summed E-state index contributed by atoms with van der Waals surface area (Å²) in [5.74, 6) is 1.30. The average molecular weight is 1710 g/mol. The zero-order valence-corrected chi connectivity index (χ0v) is 70.8. The molecule has 0 fully saturated rings. The summed E-state index contributed by atoms with van der Waals surface area (Å²) < 4.78 is 113. The maximum Gasteiger partial charge on any atom is 0.334 e. The number of aromatic nitrogens is 1. The van der Waals surface area contributed by atoms with Crippen LogP contribution >= 0.6 is 31.9 Å². The van der Waals surface area contributed by atoms with E-state index in [4.69, 9.17) is 8.23 Å². The van der Waals surface area contributed by atoms with Crippen molar-refractivity contribution in [3.8, 4) is 16.9 Å². The number of phenolic OH excluding ortho intramolecular Hbond substituents is 1. The van der Waals surface area contributed by atoms with E-state index in [-0.39, 0.29) is 31.4 Å². The van der Waals surface area contributed by atoms with Gasteiger partial charge in [-0.15, -0.1) is 0 Å². The Hall–Kier alpha value is -5.74. The molecule has 106 heavy (non-hydrogen) atoms. The molecule has 0 spiro atoms. The predicted octanol–water partition coefficient (Wildman–Crippen LogP) is 32.1. The van der Waals surface area contributed by atoms with Crippen LogP contribution in [-0.4, -0.2) is 31.4 Å². The van der Waals surface area contributed by atoms with Gasteiger partial charge in [0, 0.05) is 10.0 Å². The second-order valence-corrected chi connectivity index (χ2v) is 32.6. The fourth-order valence-electron chi connectivity index (χ4n) is 10.8. The minimum Gasteiger partial charge on any atom is -0.665 e. The molecule has 1 N–H and O–H groups in total. The molecule has 0 aliphatic rings. The van der Waals surface area contributed by atoms with Crippen LogP contribution < -0.4 is 4.98 Å². The Bertz CT molecular complexity index is 3590. The Morgan fingerprint density at radius 3 is 1.29 bits per heavy atom. The van der Waals surface area contributed by atoms with Crippen LogP contribution in [0, 0.1) is 13.8 Å². The minimum atomic E-state index is -2.91. The molecule has 6 nitrogen and oxygen atoms in total. The van der Waals surface area contributed by atoms with Crippen molar-refractivity contribution in [3.63, 3.8) is 0 Å². The number of ether oxygens (including phenoxy) is 2. The molecule has 7 rings (SSSR count). The molecular formula is C88H127Br2F8MoN2O4Si-. The van der Waals surface area contributed by atoms with Crippen molar-refractivity contribution in [1.82, 2.24) is 4.98 Å². The molecular weight excluding hydrogens is 1580 g/mol. The summed E-state index contributed by atoms with van der Waals surface area (Å²) in [6.45, 7) is 39.2. The van der Waals surface area contributed by atoms with Gasteiger partial charge in [-0.1, -0.05) is 262 Å². The number of benzene rings is 6. The van der Waals surface area contributed by atoms with Gasteiger partial charge in [0.15, 0.2) is 0 Å².